The fourth-order valence-electron chi connectivity index (χ4n) is 2.28. The van der Waals surface area contributed by atoms with E-state index in [1.807, 2.05) is 12.1 Å². The Hall–Kier alpha value is -2.53. The lowest BCUT2D eigenvalue weighted by atomic mass is 10.1. The number of rotatable bonds is 6. The van der Waals surface area contributed by atoms with Gasteiger partial charge in [-0.05, 0) is 48.7 Å². The number of nitrogens with one attached hydrogen (secondary N) is 2. The molecule has 0 unspecified atom stereocenters. The Labute approximate surface area is 152 Å². The minimum absolute atomic E-state index is 0.338. The number of methoxy groups -OCH3 is 1. The number of unbranched alkanes of at least 4 members (excludes halogenated alkanes) is 1. The third-order valence-electron chi connectivity index (χ3n) is 3.65. The van der Waals surface area contributed by atoms with Crippen molar-refractivity contribution in [2.24, 2.45) is 0 Å². The Morgan fingerprint density at radius 2 is 1.72 bits per heavy atom. The van der Waals surface area contributed by atoms with Crippen molar-refractivity contribution in [3.05, 3.63) is 53.1 Å². The van der Waals surface area contributed by atoms with Gasteiger partial charge in [0.2, 0.25) is 0 Å². The Morgan fingerprint density at radius 1 is 1.04 bits per heavy atom. The number of hydrogen-bond donors (Lipinski definition) is 2. The molecule has 0 fully saturated rings. The molecule has 2 aromatic rings. The molecule has 0 bridgehead atoms. The zero-order valence-electron chi connectivity index (χ0n) is 14.3. The third-order valence-corrected chi connectivity index (χ3v) is 3.88. The van der Waals surface area contributed by atoms with Crippen LogP contribution in [0.1, 0.15) is 25.3 Å². The number of carbonyl (C=O) groups is 2. The summed E-state index contributed by atoms with van der Waals surface area (Å²) in [7, 11) is 1.47. The highest BCUT2D eigenvalue weighted by Crippen LogP contribution is 2.27. The van der Waals surface area contributed by atoms with Gasteiger partial charge in [0.25, 0.3) is 0 Å². The number of benzene rings is 2. The van der Waals surface area contributed by atoms with Gasteiger partial charge in [-0.3, -0.25) is 9.59 Å². The summed E-state index contributed by atoms with van der Waals surface area (Å²) >= 11 is 5.91. The van der Waals surface area contributed by atoms with E-state index in [4.69, 9.17) is 16.3 Å². The van der Waals surface area contributed by atoms with Crippen molar-refractivity contribution in [2.75, 3.05) is 17.7 Å². The van der Waals surface area contributed by atoms with Crippen molar-refractivity contribution in [3.63, 3.8) is 0 Å². The largest absolute Gasteiger partial charge is 0.495 e. The van der Waals surface area contributed by atoms with Crippen molar-refractivity contribution in [1.82, 2.24) is 0 Å². The molecule has 2 amide bonds. The number of amides is 2. The zero-order valence-corrected chi connectivity index (χ0v) is 15.0. The standard InChI is InChI=1S/C19H21ClN2O3/c1-3-4-5-13-6-9-15(10-7-13)21-18(23)19(24)22-16-12-14(20)8-11-17(16)25-2/h6-12H,3-5H2,1-2H3,(H,21,23)(H,22,24). The minimum Gasteiger partial charge on any atom is -0.495 e. The Morgan fingerprint density at radius 3 is 2.36 bits per heavy atom. The van der Waals surface area contributed by atoms with Crippen molar-refractivity contribution < 1.29 is 14.3 Å². The zero-order chi connectivity index (χ0) is 18.2. The van der Waals surface area contributed by atoms with Crippen LogP contribution >= 0.6 is 11.6 Å². The lowest BCUT2D eigenvalue weighted by Gasteiger charge is -2.11. The predicted octanol–water partition coefficient (Wildman–Crippen LogP) is 4.27. The molecule has 5 nitrogen and oxygen atoms in total. The van der Waals surface area contributed by atoms with Crippen LogP contribution in [0.2, 0.25) is 5.02 Å². The molecule has 6 heteroatoms. The highest BCUT2D eigenvalue weighted by molar-refractivity contribution is 6.44. The van der Waals surface area contributed by atoms with Gasteiger partial charge in [-0.25, -0.2) is 0 Å². The molecule has 0 heterocycles. The van der Waals surface area contributed by atoms with Crippen LogP contribution in [0.15, 0.2) is 42.5 Å². The summed E-state index contributed by atoms with van der Waals surface area (Å²) in [6.07, 6.45) is 3.25. The van der Waals surface area contributed by atoms with E-state index in [-0.39, 0.29) is 0 Å². The number of halogens is 1. The van der Waals surface area contributed by atoms with Gasteiger partial charge in [0.15, 0.2) is 0 Å². The molecule has 0 atom stereocenters. The van der Waals surface area contributed by atoms with E-state index in [1.165, 1.54) is 18.7 Å². The van der Waals surface area contributed by atoms with Gasteiger partial charge >= 0.3 is 11.8 Å². The Bertz CT molecular complexity index is 745. The van der Waals surface area contributed by atoms with Gasteiger partial charge in [0.05, 0.1) is 12.8 Å². The average molecular weight is 361 g/mol. The van der Waals surface area contributed by atoms with E-state index in [1.54, 1.807) is 24.3 Å². The molecule has 0 aromatic heterocycles. The van der Waals surface area contributed by atoms with Crippen LogP contribution in [-0.2, 0) is 16.0 Å². The average Bonchev–Trinajstić information content (AvgIpc) is 2.61. The molecule has 0 saturated carbocycles. The molecule has 0 radical (unpaired) electrons. The molecule has 132 valence electrons. The van der Waals surface area contributed by atoms with Crippen LogP contribution in [0.25, 0.3) is 0 Å². The minimum atomic E-state index is -0.796. The van der Waals surface area contributed by atoms with E-state index in [9.17, 15) is 9.59 Å². The quantitative estimate of drug-likeness (QED) is 0.756. The number of anilines is 2. The SMILES string of the molecule is CCCCc1ccc(NC(=O)C(=O)Nc2cc(Cl)ccc2OC)cc1. The first-order chi connectivity index (χ1) is 12.0. The van der Waals surface area contributed by atoms with Crippen LogP contribution in [0.5, 0.6) is 5.75 Å². The molecule has 0 aliphatic rings. The van der Waals surface area contributed by atoms with Crippen molar-refractivity contribution in [3.8, 4) is 5.75 Å². The number of hydrogen-bond acceptors (Lipinski definition) is 3. The smallest absolute Gasteiger partial charge is 0.314 e. The Balaban J connectivity index is 1.98. The first-order valence-corrected chi connectivity index (χ1v) is 8.46. The topological polar surface area (TPSA) is 67.4 Å². The second-order valence-electron chi connectivity index (χ2n) is 5.55. The molecule has 0 saturated heterocycles. The van der Waals surface area contributed by atoms with Crippen LogP contribution in [0.4, 0.5) is 11.4 Å². The summed E-state index contributed by atoms with van der Waals surface area (Å²) in [5.41, 5.74) is 2.11. The summed E-state index contributed by atoms with van der Waals surface area (Å²) in [6, 6.07) is 12.2. The number of carbonyl (C=O) groups excluding carboxylic acids is 2. The maximum absolute atomic E-state index is 12.1. The molecule has 2 aromatic carbocycles. The third kappa shape index (κ3) is 5.50. The van der Waals surface area contributed by atoms with Gasteiger partial charge in [-0.15, -0.1) is 0 Å². The number of ether oxygens (including phenoxy) is 1. The highest BCUT2D eigenvalue weighted by Gasteiger charge is 2.16. The summed E-state index contributed by atoms with van der Waals surface area (Å²) in [4.78, 5) is 24.1. The molecule has 25 heavy (non-hydrogen) atoms. The molecule has 2 N–H and O–H groups in total. The van der Waals surface area contributed by atoms with E-state index < -0.39 is 11.8 Å². The highest BCUT2D eigenvalue weighted by atomic mass is 35.5. The lowest BCUT2D eigenvalue weighted by Crippen LogP contribution is -2.29. The second kappa shape index (κ2) is 9.08. The molecule has 2 rings (SSSR count). The van der Waals surface area contributed by atoms with Crippen molar-refractivity contribution >= 4 is 34.8 Å². The van der Waals surface area contributed by atoms with Crippen LogP contribution in [0.3, 0.4) is 0 Å². The predicted molar refractivity (Wildman–Crippen MR) is 100 cm³/mol. The second-order valence-corrected chi connectivity index (χ2v) is 5.99. The summed E-state index contributed by atoms with van der Waals surface area (Å²) in [6.45, 7) is 2.14. The summed E-state index contributed by atoms with van der Waals surface area (Å²) in [5, 5.41) is 5.50. The monoisotopic (exact) mass is 360 g/mol. The first kappa shape index (κ1) is 18.8. The molecule has 0 aliphatic carbocycles. The van der Waals surface area contributed by atoms with E-state index in [0.717, 1.165) is 19.3 Å². The van der Waals surface area contributed by atoms with Crippen molar-refractivity contribution in [1.29, 1.82) is 0 Å². The van der Waals surface area contributed by atoms with Crippen LogP contribution < -0.4 is 15.4 Å². The fraction of sp³-hybridized carbons (Fsp3) is 0.263. The van der Waals surface area contributed by atoms with Gasteiger partial charge in [-0.2, -0.15) is 0 Å². The number of aryl methyl sites for hydroxylation is 1. The molecular formula is C19H21ClN2O3. The maximum Gasteiger partial charge on any atom is 0.314 e. The van der Waals surface area contributed by atoms with Crippen LogP contribution in [0, 0.1) is 0 Å². The normalized spacial score (nSPS) is 10.2. The maximum atomic E-state index is 12.1. The van der Waals surface area contributed by atoms with Gasteiger partial charge in [-0.1, -0.05) is 37.1 Å². The van der Waals surface area contributed by atoms with E-state index in [0.29, 0.717) is 22.1 Å². The molecular weight excluding hydrogens is 340 g/mol. The molecule has 0 aliphatic heterocycles. The van der Waals surface area contributed by atoms with Crippen LogP contribution in [-0.4, -0.2) is 18.9 Å². The lowest BCUT2D eigenvalue weighted by molar-refractivity contribution is -0.133. The summed E-state index contributed by atoms with van der Waals surface area (Å²) < 4.78 is 5.14. The van der Waals surface area contributed by atoms with Crippen molar-refractivity contribution in [2.45, 2.75) is 26.2 Å². The van der Waals surface area contributed by atoms with Gasteiger partial charge in [0, 0.05) is 10.7 Å². The van der Waals surface area contributed by atoms with E-state index >= 15 is 0 Å². The van der Waals surface area contributed by atoms with Gasteiger partial charge < -0.3 is 15.4 Å². The molecule has 0 spiro atoms. The fourth-order valence-corrected chi connectivity index (χ4v) is 2.45. The Kier molecular flexibility index (Phi) is 6.83. The first-order valence-electron chi connectivity index (χ1n) is 8.08. The summed E-state index contributed by atoms with van der Waals surface area (Å²) in [5.74, 6) is -1.13. The van der Waals surface area contributed by atoms with Gasteiger partial charge in [0.1, 0.15) is 5.75 Å². The van der Waals surface area contributed by atoms with E-state index in [2.05, 4.69) is 17.6 Å².